The van der Waals surface area contributed by atoms with Gasteiger partial charge in [-0.05, 0) is 30.3 Å². The van der Waals surface area contributed by atoms with Crippen molar-refractivity contribution in [2.24, 2.45) is 0 Å². The van der Waals surface area contributed by atoms with Crippen molar-refractivity contribution in [3.63, 3.8) is 0 Å². The second-order valence-corrected chi connectivity index (χ2v) is 6.49. The third kappa shape index (κ3) is 3.54. The molecule has 2 aromatic heterocycles. The quantitative estimate of drug-likeness (QED) is 0.450. The summed E-state index contributed by atoms with van der Waals surface area (Å²) < 4.78 is 68.9. The van der Waals surface area contributed by atoms with Crippen LogP contribution in [-0.4, -0.2) is 14.8 Å². The Bertz CT molecular complexity index is 1310. The van der Waals surface area contributed by atoms with E-state index in [0.29, 0.717) is 11.6 Å². The van der Waals surface area contributed by atoms with E-state index in [0.717, 1.165) is 18.3 Å². The molecule has 0 aliphatic rings. The fourth-order valence-corrected chi connectivity index (χ4v) is 3.17. The van der Waals surface area contributed by atoms with Gasteiger partial charge in [0.2, 0.25) is 5.43 Å². The number of alkyl halides is 3. The van der Waals surface area contributed by atoms with Gasteiger partial charge in [0.25, 0.3) is 0 Å². The molecule has 4 rings (SSSR count). The molecule has 4 nitrogen and oxygen atoms in total. The van der Waals surface area contributed by atoms with Crippen molar-refractivity contribution in [2.45, 2.75) is 12.7 Å². The van der Waals surface area contributed by atoms with E-state index in [1.165, 1.54) is 22.9 Å². The SMILES string of the molecule is O=c1c(-c2cccnc2C(F)(F)F)nn(Cc2ccc(F)cc2F)c2ccccc12. The van der Waals surface area contributed by atoms with Gasteiger partial charge in [0, 0.05) is 28.8 Å². The van der Waals surface area contributed by atoms with Crippen LogP contribution in [0.5, 0.6) is 0 Å². The van der Waals surface area contributed by atoms with E-state index in [2.05, 4.69) is 10.1 Å². The van der Waals surface area contributed by atoms with E-state index in [-0.39, 0.29) is 17.5 Å². The number of halogens is 5. The summed E-state index contributed by atoms with van der Waals surface area (Å²) in [6, 6.07) is 11.5. The van der Waals surface area contributed by atoms with Gasteiger partial charge in [-0.3, -0.25) is 14.5 Å². The fraction of sp³-hybridized carbons (Fsp3) is 0.0952. The Balaban J connectivity index is 1.98. The van der Waals surface area contributed by atoms with Crippen molar-refractivity contribution in [3.8, 4) is 11.3 Å². The number of benzene rings is 2. The minimum absolute atomic E-state index is 0.0610. The molecule has 9 heteroatoms. The normalized spacial score (nSPS) is 11.8. The summed E-state index contributed by atoms with van der Waals surface area (Å²) >= 11 is 0. The Hall–Kier alpha value is -3.62. The first kappa shape index (κ1) is 19.7. The Morgan fingerprint density at radius 2 is 1.73 bits per heavy atom. The number of pyridine rings is 1. The van der Waals surface area contributed by atoms with Crippen LogP contribution in [0.25, 0.3) is 22.2 Å². The van der Waals surface area contributed by atoms with E-state index in [1.54, 1.807) is 18.2 Å². The van der Waals surface area contributed by atoms with E-state index < -0.39 is 40.2 Å². The van der Waals surface area contributed by atoms with E-state index in [9.17, 15) is 26.7 Å². The molecule has 2 aromatic carbocycles. The van der Waals surface area contributed by atoms with Gasteiger partial charge in [-0.25, -0.2) is 8.78 Å². The van der Waals surface area contributed by atoms with Crippen molar-refractivity contribution in [3.05, 3.63) is 93.9 Å². The summed E-state index contributed by atoms with van der Waals surface area (Å²) in [5.74, 6) is -1.60. The van der Waals surface area contributed by atoms with E-state index in [4.69, 9.17) is 0 Å². The Morgan fingerprint density at radius 1 is 0.967 bits per heavy atom. The van der Waals surface area contributed by atoms with Crippen LogP contribution in [-0.2, 0) is 12.7 Å². The monoisotopic (exact) mass is 417 g/mol. The average Bonchev–Trinajstić information content (AvgIpc) is 2.71. The number of aromatic nitrogens is 3. The molecular formula is C21H12F5N3O. The van der Waals surface area contributed by atoms with Gasteiger partial charge >= 0.3 is 6.18 Å². The van der Waals surface area contributed by atoms with Crippen LogP contribution in [0.2, 0.25) is 0 Å². The van der Waals surface area contributed by atoms with Crippen molar-refractivity contribution < 1.29 is 22.0 Å². The largest absolute Gasteiger partial charge is 0.434 e. The highest BCUT2D eigenvalue weighted by Crippen LogP contribution is 2.34. The molecule has 0 radical (unpaired) electrons. The van der Waals surface area contributed by atoms with Gasteiger partial charge in [-0.15, -0.1) is 0 Å². The summed E-state index contributed by atoms with van der Waals surface area (Å²) in [4.78, 5) is 16.3. The van der Waals surface area contributed by atoms with Crippen LogP contribution >= 0.6 is 0 Å². The zero-order valence-electron chi connectivity index (χ0n) is 15.1. The highest BCUT2D eigenvalue weighted by atomic mass is 19.4. The molecule has 0 aliphatic heterocycles. The van der Waals surface area contributed by atoms with Crippen molar-refractivity contribution in [1.29, 1.82) is 0 Å². The summed E-state index contributed by atoms with van der Waals surface area (Å²) in [5.41, 5.74) is -2.53. The van der Waals surface area contributed by atoms with Crippen LogP contribution in [0.3, 0.4) is 0 Å². The van der Waals surface area contributed by atoms with Crippen LogP contribution < -0.4 is 5.43 Å². The first-order valence-electron chi connectivity index (χ1n) is 8.72. The van der Waals surface area contributed by atoms with Gasteiger partial charge < -0.3 is 0 Å². The second-order valence-electron chi connectivity index (χ2n) is 6.49. The van der Waals surface area contributed by atoms with Crippen molar-refractivity contribution >= 4 is 10.9 Å². The minimum Gasteiger partial charge on any atom is -0.287 e. The number of hydrogen-bond donors (Lipinski definition) is 0. The average molecular weight is 417 g/mol. The molecular weight excluding hydrogens is 405 g/mol. The molecule has 0 aliphatic carbocycles. The van der Waals surface area contributed by atoms with Crippen molar-refractivity contribution in [2.75, 3.05) is 0 Å². The topological polar surface area (TPSA) is 47.8 Å². The van der Waals surface area contributed by atoms with Gasteiger partial charge in [0.05, 0.1) is 12.1 Å². The standard InChI is InChI=1S/C21H12F5N3O/c22-13-8-7-12(16(23)10-13)11-29-17-6-2-1-4-14(17)19(30)18(28-29)15-5-3-9-27-20(15)21(24,25)26/h1-10H,11H2. The van der Waals surface area contributed by atoms with Gasteiger partial charge in [0.1, 0.15) is 17.3 Å². The zero-order chi connectivity index (χ0) is 21.5. The first-order chi connectivity index (χ1) is 14.3. The number of rotatable bonds is 3. The second kappa shape index (κ2) is 7.33. The fourth-order valence-electron chi connectivity index (χ4n) is 3.17. The molecule has 30 heavy (non-hydrogen) atoms. The third-order valence-corrected chi connectivity index (χ3v) is 4.53. The van der Waals surface area contributed by atoms with Crippen LogP contribution in [0.1, 0.15) is 11.3 Å². The van der Waals surface area contributed by atoms with Crippen LogP contribution in [0.15, 0.2) is 65.6 Å². The van der Waals surface area contributed by atoms with Crippen molar-refractivity contribution in [1.82, 2.24) is 14.8 Å². The molecule has 0 spiro atoms. The molecule has 2 heterocycles. The third-order valence-electron chi connectivity index (χ3n) is 4.53. The molecule has 0 unspecified atom stereocenters. The van der Waals surface area contributed by atoms with E-state index >= 15 is 0 Å². The van der Waals surface area contributed by atoms with Gasteiger partial charge in [-0.2, -0.15) is 18.3 Å². The lowest BCUT2D eigenvalue weighted by atomic mass is 10.1. The number of fused-ring (bicyclic) bond motifs is 1. The highest BCUT2D eigenvalue weighted by molar-refractivity contribution is 5.82. The maximum atomic E-state index is 14.2. The molecule has 0 saturated carbocycles. The first-order valence-corrected chi connectivity index (χ1v) is 8.72. The van der Waals surface area contributed by atoms with Gasteiger partial charge in [0.15, 0.2) is 5.69 Å². The van der Waals surface area contributed by atoms with E-state index in [1.807, 2.05) is 0 Å². The molecule has 0 amide bonds. The predicted octanol–water partition coefficient (Wildman–Crippen LogP) is 4.80. The Kier molecular flexibility index (Phi) is 4.81. The highest BCUT2D eigenvalue weighted by Gasteiger charge is 2.36. The summed E-state index contributed by atoms with van der Waals surface area (Å²) in [6.07, 6.45) is -3.83. The molecule has 0 saturated heterocycles. The predicted molar refractivity (Wildman–Crippen MR) is 99.7 cm³/mol. The molecule has 0 fully saturated rings. The lowest BCUT2D eigenvalue weighted by Crippen LogP contribution is -2.20. The molecule has 0 atom stereocenters. The molecule has 0 bridgehead atoms. The molecule has 0 N–H and O–H groups in total. The molecule has 4 aromatic rings. The number of para-hydroxylation sites is 1. The Morgan fingerprint density at radius 3 is 2.47 bits per heavy atom. The molecule has 152 valence electrons. The van der Waals surface area contributed by atoms with Crippen LogP contribution in [0.4, 0.5) is 22.0 Å². The zero-order valence-corrected chi connectivity index (χ0v) is 15.1. The number of nitrogens with zero attached hydrogens (tertiary/aromatic N) is 3. The smallest absolute Gasteiger partial charge is 0.287 e. The van der Waals surface area contributed by atoms with Gasteiger partial charge in [-0.1, -0.05) is 18.2 Å². The number of hydrogen-bond acceptors (Lipinski definition) is 3. The summed E-state index contributed by atoms with van der Waals surface area (Å²) in [5, 5.41) is 4.22. The Labute approximate surface area is 166 Å². The summed E-state index contributed by atoms with van der Waals surface area (Å²) in [6.45, 7) is -0.221. The maximum Gasteiger partial charge on any atom is 0.434 e. The lowest BCUT2D eigenvalue weighted by Gasteiger charge is -2.15. The lowest BCUT2D eigenvalue weighted by molar-refractivity contribution is -0.140. The summed E-state index contributed by atoms with van der Waals surface area (Å²) in [7, 11) is 0. The van der Waals surface area contributed by atoms with Crippen LogP contribution in [0, 0.1) is 11.6 Å². The minimum atomic E-state index is -4.80. The maximum absolute atomic E-state index is 14.2.